The third kappa shape index (κ3) is 4.46. The van der Waals surface area contributed by atoms with Crippen molar-refractivity contribution in [3.63, 3.8) is 0 Å². The number of carbonyl (C=O) groups is 1. The molecule has 0 unspecified atom stereocenters. The maximum absolute atomic E-state index is 12.0. The Morgan fingerprint density at radius 2 is 2.13 bits per heavy atom. The average Bonchev–Trinajstić information content (AvgIpc) is 3.20. The van der Waals surface area contributed by atoms with Crippen molar-refractivity contribution in [3.8, 4) is 0 Å². The number of hydrogen-bond acceptors (Lipinski definition) is 5. The van der Waals surface area contributed by atoms with Gasteiger partial charge in [0.05, 0.1) is 18.6 Å². The highest BCUT2D eigenvalue weighted by atomic mass is 79.9. The van der Waals surface area contributed by atoms with E-state index in [1.807, 2.05) is 41.0 Å². The van der Waals surface area contributed by atoms with E-state index in [0.717, 1.165) is 15.9 Å². The summed E-state index contributed by atoms with van der Waals surface area (Å²) in [6, 6.07) is 11.1. The Hall–Kier alpha value is -2.06. The molecule has 0 aliphatic carbocycles. The first kappa shape index (κ1) is 15.8. The maximum Gasteiger partial charge on any atom is 0.234 e. The monoisotopic (exact) mass is 392 g/mol. The van der Waals surface area contributed by atoms with Crippen molar-refractivity contribution in [2.45, 2.75) is 11.7 Å². The van der Waals surface area contributed by atoms with E-state index in [4.69, 9.17) is 4.42 Å². The van der Waals surface area contributed by atoms with Gasteiger partial charge in [0.25, 0.3) is 0 Å². The number of nitrogens with one attached hydrogen (secondary N) is 1. The molecule has 0 bridgehead atoms. The second-order valence-electron chi connectivity index (χ2n) is 4.66. The van der Waals surface area contributed by atoms with Gasteiger partial charge < -0.3 is 14.3 Å². The molecule has 0 radical (unpaired) electrons. The fraction of sp³-hybridized carbons (Fsp3) is 0.133. The maximum atomic E-state index is 12.0. The minimum absolute atomic E-state index is 0.0927. The van der Waals surface area contributed by atoms with Crippen molar-refractivity contribution in [2.24, 2.45) is 0 Å². The number of amides is 1. The molecular formula is C15H13BrN4O2S. The lowest BCUT2D eigenvalue weighted by atomic mass is 10.3. The largest absolute Gasteiger partial charge is 0.467 e. The van der Waals surface area contributed by atoms with Crippen LogP contribution in [0, 0.1) is 0 Å². The van der Waals surface area contributed by atoms with E-state index >= 15 is 0 Å². The normalized spacial score (nSPS) is 10.7. The third-order valence-corrected chi connectivity index (χ3v) is 4.46. The van der Waals surface area contributed by atoms with E-state index in [-0.39, 0.29) is 11.7 Å². The van der Waals surface area contributed by atoms with Gasteiger partial charge in [-0.05, 0) is 36.4 Å². The molecule has 0 aliphatic heterocycles. The first-order valence-corrected chi connectivity index (χ1v) is 8.57. The number of benzene rings is 1. The smallest absolute Gasteiger partial charge is 0.234 e. The molecule has 8 heteroatoms. The van der Waals surface area contributed by atoms with Crippen molar-refractivity contribution in [1.82, 2.24) is 14.8 Å². The molecule has 3 aromatic rings. The van der Waals surface area contributed by atoms with E-state index in [0.29, 0.717) is 11.7 Å². The molecule has 6 nitrogen and oxygen atoms in total. The molecule has 0 saturated carbocycles. The minimum Gasteiger partial charge on any atom is -0.467 e. The van der Waals surface area contributed by atoms with Gasteiger partial charge in [0.15, 0.2) is 5.16 Å². The van der Waals surface area contributed by atoms with Crippen LogP contribution in [-0.4, -0.2) is 26.4 Å². The highest BCUT2D eigenvalue weighted by Gasteiger charge is 2.10. The number of furan rings is 1. The Kier molecular flexibility index (Phi) is 5.14. The molecule has 0 saturated heterocycles. The Morgan fingerprint density at radius 1 is 1.30 bits per heavy atom. The number of halogens is 1. The Labute approximate surface area is 145 Å². The van der Waals surface area contributed by atoms with Gasteiger partial charge in [-0.3, -0.25) is 4.79 Å². The van der Waals surface area contributed by atoms with Crippen molar-refractivity contribution < 1.29 is 9.21 Å². The van der Waals surface area contributed by atoms with Crippen LogP contribution in [0.15, 0.2) is 63.0 Å². The lowest BCUT2D eigenvalue weighted by Crippen LogP contribution is -2.14. The summed E-state index contributed by atoms with van der Waals surface area (Å²) in [5.74, 6) is 0.975. The quantitative estimate of drug-likeness (QED) is 0.650. The van der Waals surface area contributed by atoms with Gasteiger partial charge in [0.2, 0.25) is 5.91 Å². The molecule has 2 heterocycles. The van der Waals surface area contributed by atoms with Crippen LogP contribution in [0.3, 0.4) is 0 Å². The summed E-state index contributed by atoms with van der Waals surface area (Å²) in [7, 11) is 0. The fourth-order valence-electron chi connectivity index (χ4n) is 1.90. The summed E-state index contributed by atoms with van der Waals surface area (Å²) >= 11 is 4.69. The van der Waals surface area contributed by atoms with Crippen LogP contribution in [-0.2, 0) is 11.3 Å². The number of thioether (sulfide) groups is 1. The highest BCUT2D eigenvalue weighted by Crippen LogP contribution is 2.18. The van der Waals surface area contributed by atoms with Crippen LogP contribution in [0.4, 0.5) is 5.69 Å². The lowest BCUT2D eigenvalue weighted by molar-refractivity contribution is -0.113. The highest BCUT2D eigenvalue weighted by molar-refractivity contribution is 9.10. The van der Waals surface area contributed by atoms with Crippen molar-refractivity contribution >= 4 is 39.3 Å². The SMILES string of the molecule is O=C(CSc1nncn1Cc1ccco1)Nc1ccc(Br)cc1. The first-order chi connectivity index (χ1) is 11.2. The summed E-state index contributed by atoms with van der Waals surface area (Å²) < 4.78 is 8.12. The van der Waals surface area contributed by atoms with E-state index in [1.165, 1.54) is 11.8 Å². The van der Waals surface area contributed by atoms with Gasteiger partial charge in [0, 0.05) is 10.2 Å². The Balaban J connectivity index is 1.55. The van der Waals surface area contributed by atoms with Gasteiger partial charge in [0.1, 0.15) is 12.1 Å². The standard InChI is InChI=1S/C15H13BrN4O2S/c16-11-3-5-12(6-4-11)18-14(21)9-23-15-19-17-10-20(15)8-13-2-1-7-22-13/h1-7,10H,8-9H2,(H,18,21). The summed E-state index contributed by atoms with van der Waals surface area (Å²) in [6.07, 6.45) is 3.25. The van der Waals surface area contributed by atoms with Crippen LogP contribution >= 0.6 is 27.7 Å². The second-order valence-corrected chi connectivity index (χ2v) is 6.52. The van der Waals surface area contributed by atoms with E-state index < -0.39 is 0 Å². The molecule has 0 aliphatic rings. The van der Waals surface area contributed by atoms with Gasteiger partial charge in [-0.15, -0.1) is 10.2 Å². The summed E-state index contributed by atoms with van der Waals surface area (Å²) in [5, 5.41) is 11.4. The van der Waals surface area contributed by atoms with Crippen LogP contribution in [0.5, 0.6) is 0 Å². The van der Waals surface area contributed by atoms with Gasteiger partial charge in [-0.25, -0.2) is 0 Å². The van der Waals surface area contributed by atoms with Crippen LogP contribution in [0.2, 0.25) is 0 Å². The zero-order chi connectivity index (χ0) is 16.1. The van der Waals surface area contributed by atoms with Crippen molar-refractivity contribution in [2.75, 3.05) is 11.1 Å². The summed E-state index contributed by atoms with van der Waals surface area (Å²) in [6.45, 7) is 0.538. The minimum atomic E-state index is -0.0927. The molecule has 0 atom stereocenters. The number of rotatable bonds is 6. The zero-order valence-electron chi connectivity index (χ0n) is 12.0. The first-order valence-electron chi connectivity index (χ1n) is 6.79. The number of aromatic nitrogens is 3. The average molecular weight is 393 g/mol. The fourth-order valence-corrected chi connectivity index (χ4v) is 2.87. The predicted octanol–water partition coefficient (Wildman–Crippen LogP) is 3.41. The Morgan fingerprint density at radius 3 is 2.87 bits per heavy atom. The molecule has 0 spiro atoms. The summed E-state index contributed by atoms with van der Waals surface area (Å²) in [4.78, 5) is 12.0. The number of nitrogens with zero attached hydrogens (tertiary/aromatic N) is 3. The van der Waals surface area contributed by atoms with Gasteiger partial charge in [-0.2, -0.15) is 0 Å². The Bertz CT molecular complexity index is 771. The van der Waals surface area contributed by atoms with Crippen LogP contribution < -0.4 is 5.32 Å². The van der Waals surface area contributed by atoms with E-state index in [9.17, 15) is 4.79 Å². The molecule has 23 heavy (non-hydrogen) atoms. The number of carbonyl (C=O) groups excluding carboxylic acids is 1. The molecule has 1 aromatic carbocycles. The van der Waals surface area contributed by atoms with Crippen LogP contribution in [0.25, 0.3) is 0 Å². The number of anilines is 1. The predicted molar refractivity (Wildman–Crippen MR) is 91.3 cm³/mol. The van der Waals surface area contributed by atoms with E-state index in [1.54, 1.807) is 12.6 Å². The molecule has 3 rings (SSSR count). The second kappa shape index (κ2) is 7.47. The van der Waals surface area contributed by atoms with Crippen LogP contribution in [0.1, 0.15) is 5.76 Å². The van der Waals surface area contributed by atoms with Crippen molar-refractivity contribution in [1.29, 1.82) is 0 Å². The third-order valence-electron chi connectivity index (χ3n) is 2.95. The molecule has 1 amide bonds. The van der Waals surface area contributed by atoms with Crippen molar-refractivity contribution in [3.05, 3.63) is 59.2 Å². The molecule has 118 valence electrons. The lowest BCUT2D eigenvalue weighted by Gasteiger charge is -2.06. The zero-order valence-corrected chi connectivity index (χ0v) is 14.4. The van der Waals surface area contributed by atoms with Gasteiger partial charge in [-0.1, -0.05) is 27.7 Å². The number of hydrogen-bond donors (Lipinski definition) is 1. The van der Waals surface area contributed by atoms with Gasteiger partial charge >= 0.3 is 0 Å². The molecule has 1 N–H and O–H groups in total. The molecular weight excluding hydrogens is 380 g/mol. The topological polar surface area (TPSA) is 73.0 Å². The molecule has 2 aromatic heterocycles. The molecule has 0 fully saturated rings. The summed E-state index contributed by atoms with van der Waals surface area (Å²) in [5.41, 5.74) is 0.760. The van der Waals surface area contributed by atoms with E-state index in [2.05, 4.69) is 31.4 Å².